The van der Waals surface area contributed by atoms with Crippen LogP contribution in [0.5, 0.6) is 0 Å². The van der Waals surface area contributed by atoms with Crippen molar-refractivity contribution in [1.29, 1.82) is 0 Å². The van der Waals surface area contributed by atoms with Crippen molar-refractivity contribution in [3.05, 3.63) is 34.9 Å². The smallest absolute Gasteiger partial charge is 0.151 e. The molecule has 17 heavy (non-hydrogen) atoms. The van der Waals surface area contributed by atoms with Crippen LogP contribution in [0.2, 0.25) is 5.02 Å². The van der Waals surface area contributed by atoms with Gasteiger partial charge in [-0.25, -0.2) is 8.42 Å². The zero-order chi connectivity index (χ0) is 12.5. The van der Waals surface area contributed by atoms with Crippen molar-refractivity contribution in [2.75, 3.05) is 18.6 Å². The zero-order valence-corrected chi connectivity index (χ0v) is 11.3. The number of hydrogen-bond acceptors (Lipinski definition) is 3. The van der Waals surface area contributed by atoms with Gasteiger partial charge in [0.25, 0.3) is 0 Å². The topological polar surface area (TPSA) is 37.4 Å². The second-order valence-electron chi connectivity index (χ2n) is 4.60. The third-order valence-corrected chi connectivity index (χ3v) is 5.14. The van der Waals surface area contributed by atoms with E-state index in [2.05, 4.69) is 4.90 Å². The molecule has 1 saturated heterocycles. The zero-order valence-electron chi connectivity index (χ0n) is 9.77. The summed E-state index contributed by atoms with van der Waals surface area (Å²) in [6.45, 7) is 0.737. The molecule has 0 radical (unpaired) electrons. The van der Waals surface area contributed by atoms with Gasteiger partial charge in [-0.05, 0) is 31.2 Å². The van der Waals surface area contributed by atoms with E-state index in [9.17, 15) is 8.42 Å². The van der Waals surface area contributed by atoms with E-state index in [4.69, 9.17) is 11.6 Å². The fourth-order valence-electron chi connectivity index (χ4n) is 2.18. The third kappa shape index (κ3) is 3.44. The molecule has 1 heterocycles. The van der Waals surface area contributed by atoms with Gasteiger partial charge in [0.1, 0.15) is 0 Å². The average molecular weight is 274 g/mol. The first-order valence-corrected chi connectivity index (χ1v) is 7.81. The number of benzene rings is 1. The molecule has 1 aromatic rings. The normalized spacial score (nSPS) is 23.1. The van der Waals surface area contributed by atoms with Crippen molar-refractivity contribution < 1.29 is 8.42 Å². The highest BCUT2D eigenvalue weighted by molar-refractivity contribution is 7.91. The lowest BCUT2D eigenvalue weighted by atomic mass is 10.1. The quantitative estimate of drug-likeness (QED) is 0.845. The van der Waals surface area contributed by atoms with Crippen LogP contribution in [-0.4, -0.2) is 37.9 Å². The summed E-state index contributed by atoms with van der Waals surface area (Å²) in [6, 6.07) is 7.81. The molecule has 0 aromatic heterocycles. The van der Waals surface area contributed by atoms with Crippen molar-refractivity contribution in [3.63, 3.8) is 0 Å². The lowest BCUT2D eigenvalue weighted by Crippen LogP contribution is -2.32. The number of hydrogen-bond donors (Lipinski definition) is 0. The van der Waals surface area contributed by atoms with Gasteiger partial charge in [-0.3, -0.25) is 4.90 Å². The molecule has 0 unspecified atom stereocenters. The summed E-state index contributed by atoms with van der Waals surface area (Å²) in [5, 5.41) is 0.718. The van der Waals surface area contributed by atoms with Gasteiger partial charge in [-0.15, -0.1) is 0 Å². The number of halogens is 1. The minimum atomic E-state index is -2.81. The highest BCUT2D eigenvalue weighted by Gasteiger charge is 2.30. The predicted octanol–water partition coefficient (Wildman–Crippen LogP) is 1.96. The first kappa shape index (κ1) is 12.9. The van der Waals surface area contributed by atoms with Gasteiger partial charge in [0, 0.05) is 17.6 Å². The second kappa shape index (κ2) is 4.96. The Morgan fingerprint density at radius 1 is 1.47 bits per heavy atom. The predicted molar refractivity (Wildman–Crippen MR) is 70.0 cm³/mol. The van der Waals surface area contributed by atoms with Gasteiger partial charge in [0.15, 0.2) is 9.84 Å². The van der Waals surface area contributed by atoms with Crippen LogP contribution in [-0.2, 0) is 16.4 Å². The van der Waals surface area contributed by atoms with Gasteiger partial charge >= 0.3 is 0 Å². The molecule has 1 aromatic carbocycles. The summed E-state index contributed by atoms with van der Waals surface area (Å²) < 4.78 is 22.8. The highest BCUT2D eigenvalue weighted by atomic mass is 35.5. The summed E-state index contributed by atoms with van der Waals surface area (Å²) in [4.78, 5) is 2.09. The average Bonchev–Trinajstić information content (AvgIpc) is 2.59. The molecule has 3 nitrogen and oxygen atoms in total. The molecule has 0 aliphatic carbocycles. The first-order chi connectivity index (χ1) is 7.96. The van der Waals surface area contributed by atoms with Crippen molar-refractivity contribution in [3.8, 4) is 0 Å². The van der Waals surface area contributed by atoms with E-state index in [1.54, 1.807) is 0 Å². The maximum atomic E-state index is 11.4. The van der Waals surface area contributed by atoms with Crippen LogP contribution in [0.1, 0.15) is 12.0 Å². The molecule has 1 aliphatic rings. The number of nitrogens with zero attached hydrogens (tertiary/aromatic N) is 1. The second-order valence-corrected chi connectivity index (χ2v) is 7.27. The minimum Gasteiger partial charge on any atom is -0.298 e. The summed E-state index contributed by atoms with van der Waals surface area (Å²) in [5.41, 5.74) is 1.12. The molecule has 0 N–H and O–H groups in total. The number of rotatable bonds is 3. The monoisotopic (exact) mass is 273 g/mol. The van der Waals surface area contributed by atoms with Crippen LogP contribution in [0.3, 0.4) is 0 Å². The number of sulfone groups is 1. The summed E-state index contributed by atoms with van der Waals surface area (Å²) in [6.07, 6.45) is 0.736. The summed E-state index contributed by atoms with van der Waals surface area (Å²) in [5.74, 6) is 0.599. The summed E-state index contributed by atoms with van der Waals surface area (Å²) >= 11 is 5.92. The van der Waals surface area contributed by atoms with Crippen molar-refractivity contribution in [1.82, 2.24) is 4.90 Å². The maximum Gasteiger partial charge on any atom is 0.151 e. The largest absolute Gasteiger partial charge is 0.298 e. The Labute approximate surface area is 107 Å². The van der Waals surface area contributed by atoms with Crippen LogP contribution < -0.4 is 0 Å². The third-order valence-electron chi connectivity index (χ3n) is 3.15. The fourth-order valence-corrected chi connectivity index (χ4v) is 4.19. The van der Waals surface area contributed by atoms with Crippen LogP contribution in [0.4, 0.5) is 0 Å². The molecule has 1 aliphatic heterocycles. The molecular weight excluding hydrogens is 258 g/mol. The van der Waals surface area contributed by atoms with Crippen LogP contribution in [0.25, 0.3) is 0 Å². The van der Waals surface area contributed by atoms with Crippen LogP contribution >= 0.6 is 11.6 Å². The molecule has 5 heteroatoms. The van der Waals surface area contributed by atoms with Gasteiger partial charge in [0.05, 0.1) is 11.5 Å². The summed E-state index contributed by atoms with van der Waals surface area (Å²) in [7, 11) is -0.844. The van der Waals surface area contributed by atoms with Gasteiger partial charge < -0.3 is 0 Å². The van der Waals surface area contributed by atoms with E-state index in [0.29, 0.717) is 5.75 Å². The van der Waals surface area contributed by atoms with Gasteiger partial charge in [-0.1, -0.05) is 23.7 Å². The van der Waals surface area contributed by atoms with Crippen molar-refractivity contribution in [2.24, 2.45) is 0 Å². The van der Waals surface area contributed by atoms with E-state index in [1.807, 2.05) is 31.3 Å². The Kier molecular flexibility index (Phi) is 3.76. The standard InChI is InChI=1S/C12H16ClNO2S/c1-14(12-5-6-17(15,16)9-12)8-10-3-2-4-11(13)7-10/h2-4,7,12H,5-6,8-9H2,1H3/t12-/m1/s1. The molecule has 0 saturated carbocycles. The Hall–Kier alpha value is -0.580. The van der Waals surface area contributed by atoms with Crippen LogP contribution in [0.15, 0.2) is 24.3 Å². The fraction of sp³-hybridized carbons (Fsp3) is 0.500. The van der Waals surface area contributed by atoms with Gasteiger partial charge in [0.2, 0.25) is 0 Å². The van der Waals surface area contributed by atoms with Crippen molar-refractivity contribution >= 4 is 21.4 Å². The van der Waals surface area contributed by atoms with E-state index in [0.717, 1.165) is 23.6 Å². The molecule has 1 fully saturated rings. The van der Waals surface area contributed by atoms with Crippen molar-refractivity contribution in [2.45, 2.75) is 19.0 Å². The lowest BCUT2D eigenvalue weighted by molar-refractivity contribution is 0.254. The van der Waals surface area contributed by atoms with Crippen LogP contribution in [0, 0.1) is 0 Å². The molecule has 1 atom stereocenters. The Bertz CT molecular complexity index is 501. The molecule has 0 spiro atoms. The maximum absolute atomic E-state index is 11.4. The molecular formula is C12H16ClNO2S. The lowest BCUT2D eigenvalue weighted by Gasteiger charge is -2.23. The molecule has 94 valence electrons. The van der Waals surface area contributed by atoms with E-state index in [-0.39, 0.29) is 11.8 Å². The van der Waals surface area contributed by atoms with E-state index >= 15 is 0 Å². The van der Waals surface area contributed by atoms with E-state index in [1.165, 1.54) is 0 Å². The minimum absolute atomic E-state index is 0.138. The van der Waals surface area contributed by atoms with Gasteiger partial charge in [-0.2, -0.15) is 0 Å². The molecule has 0 amide bonds. The first-order valence-electron chi connectivity index (χ1n) is 5.61. The Balaban J connectivity index is 2.00. The molecule has 0 bridgehead atoms. The highest BCUT2D eigenvalue weighted by Crippen LogP contribution is 2.19. The Morgan fingerprint density at radius 3 is 2.82 bits per heavy atom. The Morgan fingerprint density at radius 2 is 2.24 bits per heavy atom. The molecule has 2 rings (SSSR count). The van der Waals surface area contributed by atoms with E-state index < -0.39 is 9.84 Å². The SMILES string of the molecule is CN(Cc1cccc(Cl)c1)[C@@H]1CCS(=O)(=O)C1.